The first kappa shape index (κ1) is 13.8. The van der Waals surface area contributed by atoms with Gasteiger partial charge in [0.25, 0.3) is 5.91 Å². The number of nitrogens with one attached hydrogen (secondary N) is 1. The van der Waals surface area contributed by atoms with Crippen LogP contribution in [-0.4, -0.2) is 15.5 Å². The highest BCUT2D eigenvalue weighted by Crippen LogP contribution is 2.26. The lowest BCUT2D eigenvalue weighted by Gasteiger charge is -2.03. The summed E-state index contributed by atoms with van der Waals surface area (Å²) >= 11 is 1.41. The Labute approximate surface area is 136 Å². The van der Waals surface area contributed by atoms with Crippen molar-refractivity contribution in [3.05, 3.63) is 59.8 Å². The molecule has 4 rings (SSSR count). The van der Waals surface area contributed by atoms with Gasteiger partial charge in [0.05, 0.1) is 17.5 Å². The van der Waals surface area contributed by atoms with Gasteiger partial charge in [-0.3, -0.25) is 10.1 Å². The van der Waals surface area contributed by atoms with E-state index in [1.807, 2.05) is 48.8 Å². The number of amides is 1. The molecule has 0 spiro atoms. The molecule has 5 nitrogen and oxygen atoms in total. The highest BCUT2D eigenvalue weighted by atomic mass is 32.1. The van der Waals surface area contributed by atoms with Crippen molar-refractivity contribution >= 4 is 33.5 Å². The predicted octanol–water partition coefficient (Wildman–Crippen LogP) is 4.15. The van der Waals surface area contributed by atoms with Gasteiger partial charge in [-0.15, -0.1) is 11.3 Å². The average molecular weight is 323 g/mol. The van der Waals surface area contributed by atoms with Crippen LogP contribution in [0.1, 0.15) is 10.5 Å². The molecular weight excluding hydrogens is 310 g/mol. The number of hydrogen-bond acceptors (Lipinski definition) is 4. The Bertz CT molecular complexity index is 982. The van der Waals surface area contributed by atoms with Crippen molar-refractivity contribution in [1.82, 2.24) is 9.55 Å². The van der Waals surface area contributed by atoms with Crippen LogP contribution >= 0.6 is 11.3 Å². The molecule has 0 aliphatic heterocycles. The summed E-state index contributed by atoms with van der Waals surface area (Å²) < 4.78 is 7.13. The molecule has 0 unspecified atom stereocenters. The van der Waals surface area contributed by atoms with Crippen molar-refractivity contribution in [1.29, 1.82) is 0 Å². The number of fused-ring (bicyclic) bond motifs is 1. The molecule has 0 bridgehead atoms. The molecule has 1 aromatic carbocycles. The minimum atomic E-state index is -0.201. The number of furan rings is 1. The van der Waals surface area contributed by atoms with Gasteiger partial charge in [-0.2, -0.15) is 0 Å². The van der Waals surface area contributed by atoms with E-state index in [9.17, 15) is 4.79 Å². The van der Waals surface area contributed by atoms with Crippen LogP contribution in [0.15, 0.2) is 58.5 Å². The number of carbonyl (C=O) groups is 1. The molecule has 0 saturated carbocycles. The van der Waals surface area contributed by atoms with Crippen molar-refractivity contribution in [2.45, 2.75) is 0 Å². The van der Waals surface area contributed by atoms with Gasteiger partial charge in [0.1, 0.15) is 5.69 Å². The molecule has 23 heavy (non-hydrogen) atoms. The third-order valence-electron chi connectivity index (χ3n) is 3.69. The fourth-order valence-electron chi connectivity index (χ4n) is 2.50. The third-order valence-corrected chi connectivity index (χ3v) is 4.45. The van der Waals surface area contributed by atoms with Crippen molar-refractivity contribution < 1.29 is 9.21 Å². The molecule has 1 N–H and O–H groups in total. The lowest BCUT2D eigenvalue weighted by molar-refractivity contribution is 0.101. The van der Waals surface area contributed by atoms with Crippen LogP contribution in [0, 0.1) is 0 Å². The molecule has 0 fully saturated rings. The van der Waals surface area contributed by atoms with Crippen LogP contribution in [0.5, 0.6) is 0 Å². The number of thiazole rings is 1. The Kier molecular flexibility index (Phi) is 3.24. The third kappa shape index (κ3) is 2.43. The van der Waals surface area contributed by atoms with Crippen LogP contribution in [0.4, 0.5) is 5.13 Å². The van der Waals surface area contributed by atoms with E-state index >= 15 is 0 Å². The molecular formula is C17H13N3O2S. The number of carbonyl (C=O) groups excluding carboxylic acids is 1. The normalized spacial score (nSPS) is 11.0. The minimum absolute atomic E-state index is 0.201. The van der Waals surface area contributed by atoms with E-state index in [1.54, 1.807) is 16.9 Å². The SMILES string of the molecule is Cn1c(C(=O)Nc2nc(-c3ccccc3)cs2)cc2occc21. The molecule has 3 aromatic heterocycles. The molecule has 0 atom stereocenters. The maximum absolute atomic E-state index is 12.4. The highest BCUT2D eigenvalue weighted by Gasteiger charge is 2.16. The topological polar surface area (TPSA) is 60.1 Å². The fourth-order valence-corrected chi connectivity index (χ4v) is 3.22. The molecule has 114 valence electrons. The summed E-state index contributed by atoms with van der Waals surface area (Å²) in [5.74, 6) is -0.201. The summed E-state index contributed by atoms with van der Waals surface area (Å²) in [6.07, 6.45) is 1.61. The van der Waals surface area contributed by atoms with E-state index in [-0.39, 0.29) is 5.91 Å². The standard InChI is InChI=1S/C17H13N3O2S/c1-20-13-7-8-22-15(13)9-14(20)16(21)19-17-18-12(10-23-17)11-5-3-2-4-6-11/h2-10H,1H3,(H,18,19,21). The van der Waals surface area contributed by atoms with E-state index in [2.05, 4.69) is 10.3 Å². The Balaban J connectivity index is 1.58. The zero-order valence-electron chi connectivity index (χ0n) is 12.3. The molecule has 0 radical (unpaired) electrons. The number of benzene rings is 1. The van der Waals surface area contributed by atoms with E-state index in [4.69, 9.17) is 4.42 Å². The number of rotatable bonds is 3. The zero-order chi connectivity index (χ0) is 15.8. The van der Waals surface area contributed by atoms with Gasteiger partial charge in [-0.1, -0.05) is 30.3 Å². The second-order valence-corrected chi connectivity index (χ2v) is 5.97. The summed E-state index contributed by atoms with van der Waals surface area (Å²) in [6.45, 7) is 0. The molecule has 0 aliphatic carbocycles. The number of aryl methyl sites for hydroxylation is 1. The Morgan fingerprint density at radius 1 is 1.26 bits per heavy atom. The summed E-state index contributed by atoms with van der Waals surface area (Å²) in [5.41, 5.74) is 4.00. The van der Waals surface area contributed by atoms with Crippen molar-refractivity contribution in [2.24, 2.45) is 7.05 Å². The van der Waals surface area contributed by atoms with Gasteiger partial charge in [-0.25, -0.2) is 4.98 Å². The van der Waals surface area contributed by atoms with Crippen LogP contribution in [0.3, 0.4) is 0 Å². The highest BCUT2D eigenvalue weighted by molar-refractivity contribution is 7.14. The van der Waals surface area contributed by atoms with Gasteiger partial charge in [-0.05, 0) is 0 Å². The van der Waals surface area contributed by atoms with Gasteiger partial charge >= 0.3 is 0 Å². The number of hydrogen-bond donors (Lipinski definition) is 1. The number of aromatic nitrogens is 2. The van der Waals surface area contributed by atoms with Crippen LogP contribution in [0.25, 0.3) is 22.4 Å². The average Bonchev–Trinajstić information content (AvgIpc) is 3.26. The number of nitrogens with zero attached hydrogens (tertiary/aromatic N) is 2. The Morgan fingerprint density at radius 2 is 2.09 bits per heavy atom. The summed E-state index contributed by atoms with van der Waals surface area (Å²) in [5, 5.41) is 5.35. The van der Waals surface area contributed by atoms with Crippen LogP contribution in [-0.2, 0) is 7.05 Å². The molecule has 0 aliphatic rings. The second kappa shape index (κ2) is 5.40. The quantitative estimate of drug-likeness (QED) is 0.616. The minimum Gasteiger partial charge on any atom is -0.463 e. The van der Waals surface area contributed by atoms with Gasteiger partial charge < -0.3 is 8.98 Å². The van der Waals surface area contributed by atoms with Gasteiger partial charge in [0.2, 0.25) is 0 Å². The Morgan fingerprint density at radius 3 is 2.87 bits per heavy atom. The largest absolute Gasteiger partial charge is 0.463 e. The summed E-state index contributed by atoms with van der Waals surface area (Å²) in [4.78, 5) is 16.9. The molecule has 4 aromatic rings. The van der Waals surface area contributed by atoms with Gasteiger partial charge in [0.15, 0.2) is 10.7 Å². The number of anilines is 1. The first-order valence-electron chi connectivity index (χ1n) is 7.07. The van der Waals surface area contributed by atoms with E-state index < -0.39 is 0 Å². The van der Waals surface area contributed by atoms with Crippen molar-refractivity contribution in [3.8, 4) is 11.3 Å². The maximum Gasteiger partial charge on any atom is 0.274 e. The van der Waals surface area contributed by atoms with Crippen LogP contribution in [0.2, 0.25) is 0 Å². The van der Waals surface area contributed by atoms with Crippen molar-refractivity contribution in [3.63, 3.8) is 0 Å². The maximum atomic E-state index is 12.4. The van der Waals surface area contributed by atoms with Crippen molar-refractivity contribution in [2.75, 3.05) is 5.32 Å². The zero-order valence-corrected chi connectivity index (χ0v) is 13.1. The summed E-state index contributed by atoms with van der Waals surface area (Å²) in [7, 11) is 1.84. The Hall–Kier alpha value is -2.86. The molecule has 3 heterocycles. The summed E-state index contributed by atoms with van der Waals surface area (Å²) in [6, 6.07) is 13.4. The smallest absolute Gasteiger partial charge is 0.274 e. The van der Waals surface area contributed by atoms with E-state index in [1.165, 1.54) is 11.3 Å². The second-order valence-electron chi connectivity index (χ2n) is 5.12. The molecule has 0 saturated heterocycles. The first-order chi connectivity index (χ1) is 11.2. The predicted molar refractivity (Wildman–Crippen MR) is 90.7 cm³/mol. The lowest BCUT2D eigenvalue weighted by atomic mass is 10.2. The van der Waals surface area contributed by atoms with Crippen LogP contribution < -0.4 is 5.32 Å². The molecule has 1 amide bonds. The monoisotopic (exact) mass is 323 g/mol. The van der Waals surface area contributed by atoms with Gasteiger partial charge in [0, 0.05) is 30.1 Å². The van der Waals surface area contributed by atoms with E-state index in [0.717, 1.165) is 16.8 Å². The fraction of sp³-hybridized carbons (Fsp3) is 0.0588. The molecule has 6 heteroatoms. The van der Waals surface area contributed by atoms with E-state index in [0.29, 0.717) is 16.4 Å². The first-order valence-corrected chi connectivity index (χ1v) is 7.95. The lowest BCUT2D eigenvalue weighted by Crippen LogP contribution is -2.15.